The smallest absolute Gasteiger partial charge is 0.0471 e. The van der Waals surface area contributed by atoms with Crippen LogP contribution < -0.4 is 0 Å². The summed E-state index contributed by atoms with van der Waals surface area (Å²) < 4.78 is 5.46. The van der Waals surface area contributed by atoms with Crippen molar-refractivity contribution >= 4 is 11.6 Å². The first-order chi connectivity index (χ1) is 6.87. The van der Waals surface area contributed by atoms with Gasteiger partial charge in [-0.15, -0.1) is 11.6 Å². The summed E-state index contributed by atoms with van der Waals surface area (Å²) in [4.78, 5) is 0. The van der Waals surface area contributed by atoms with Gasteiger partial charge in [0.2, 0.25) is 0 Å². The van der Waals surface area contributed by atoms with Crippen LogP contribution in [0.3, 0.4) is 0 Å². The fourth-order valence-electron chi connectivity index (χ4n) is 3.14. The van der Waals surface area contributed by atoms with Crippen LogP contribution in [-0.2, 0) is 4.74 Å². The van der Waals surface area contributed by atoms with Gasteiger partial charge in [0.1, 0.15) is 0 Å². The number of hydrogen-bond donors (Lipinski definition) is 0. The number of hydrogen-bond acceptors (Lipinski definition) is 1. The van der Waals surface area contributed by atoms with E-state index in [1.165, 1.54) is 44.9 Å². The third-order valence-corrected chi connectivity index (χ3v) is 4.76. The van der Waals surface area contributed by atoms with Crippen molar-refractivity contribution in [2.24, 2.45) is 11.3 Å². The molecule has 0 bridgehead atoms. The Kier molecular flexibility index (Phi) is 3.73. The molecule has 0 unspecified atom stereocenters. The lowest BCUT2D eigenvalue weighted by atomic mass is 9.66. The van der Waals surface area contributed by atoms with E-state index in [1.54, 1.807) is 0 Å². The average molecular weight is 217 g/mol. The van der Waals surface area contributed by atoms with Crippen molar-refractivity contribution in [1.29, 1.82) is 0 Å². The highest BCUT2D eigenvalue weighted by Gasteiger charge is 2.39. The number of halogens is 1. The normalized spacial score (nSPS) is 28.9. The maximum atomic E-state index is 6.21. The molecule has 0 atom stereocenters. The molecule has 2 aliphatic rings. The van der Waals surface area contributed by atoms with Crippen LogP contribution in [-0.4, -0.2) is 19.1 Å². The second-order valence-corrected chi connectivity index (χ2v) is 5.21. The van der Waals surface area contributed by atoms with Crippen molar-refractivity contribution < 1.29 is 4.74 Å². The predicted molar refractivity (Wildman–Crippen MR) is 59.8 cm³/mol. The molecule has 0 aromatic heterocycles. The number of ether oxygens (including phenoxy) is 1. The standard InChI is InChI=1S/C12H21ClO/c13-10-12(6-8-14-9-7-12)11-4-2-1-3-5-11/h11H,1-10H2. The van der Waals surface area contributed by atoms with Crippen molar-refractivity contribution in [3.63, 3.8) is 0 Å². The van der Waals surface area contributed by atoms with Gasteiger partial charge in [0, 0.05) is 19.1 Å². The summed E-state index contributed by atoms with van der Waals surface area (Å²) in [5.74, 6) is 1.73. The molecule has 14 heavy (non-hydrogen) atoms. The predicted octanol–water partition coefficient (Wildman–Crippen LogP) is 3.60. The molecule has 1 aliphatic heterocycles. The Morgan fingerprint density at radius 2 is 1.71 bits per heavy atom. The van der Waals surface area contributed by atoms with Crippen LogP contribution in [0.1, 0.15) is 44.9 Å². The lowest BCUT2D eigenvalue weighted by Crippen LogP contribution is -2.39. The summed E-state index contributed by atoms with van der Waals surface area (Å²) in [5.41, 5.74) is 0.431. The van der Waals surface area contributed by atoms with Crippen molar-refractivity contribution in [1.82, 2.24) is 0 Å². The van der Waals surface area contributed by atoms with Gasteiger partial charge in [0.25, 0.3) is 0 Å². The molecule has 2 fully saturated rings. The van der Waals surface area contributed by atoms with E-state index in [2.05, 4.69) is 0 Å². The van der Waals surface area contributed by atoms with Gasteiger partial charge in [0.05, 0.1) is 0 Å². The SMILES string of the molecule is ClCC1(C2CCCCC2)CCOCC1. The Morgan fingerprint density at radius 1 is 1.07 bits per heavy atom. The van der Waals surface area contributed by atoms with Gasteiger partial charge in [-0.25, -0.2) is 0 Å². The molecule has 1 saturated carbocycles. The zero-order valence-corrected chi connectivity index (χ0v) is 9.69. The molecule has 2 rings (SSSR count). The number of rotatable bonds is 2. The Morgan fingerprint density at radius 3 is 2.29 bits per heavy atom. The van der Waals surface area contributed by atoms with Gasteiger partial charge in [-0.3, -0.25) is 0 Å². The molecule has 0 spiro atoms. The summed E-state index contributed by atoms with van der Waals surface area (Å²) in [6.45, 7) is 1.87. The van der Waals surface area contributed by atoms with Crippen LogP contribution in [0.15, 0.2) is 0 Å². The van der Waals surface area contributed by atoms with E-state index in [0.29, 0.717) is 5.41 Å². The van der Waals surface area contributed by atoms with Gasteiger partial charge in [0.15, 0.2) is 0 Å². The van der Waals surface area contributed by atoms with Crippen LogP contribution in [0.5, 0.6) is 0 Å². The van der Waals surface area contributed by atoms with Crippen molar-refractivity contribution in [2.45, 2.75) is 44.9 Å². The largest absolute Gasteiger partial charge is 0.381 e. The van der Waals surface area contributed by atoms with Gasteiger partial charge in [-0.2, -0.15) is 0 Å². The minimum Gasteiger partial charge on any atom is -0.381 e. The molecular formula is C12H21ClO. The third-order valence-electron chi connectivity index (χ3n) is 4.23. The first kappa shape index (κ1) is 10.8. The second-order valence-electron chi connectivity index (χ2n) is 4.94. The van der Waals surface area contributed by atoms with E-state index in [0.717, 1.165) is 25.0 Å². The lowest BCUT2D eigenvalue weighted by molar-refractivity contribution is -0.0152. The Hall–Kier alpha value is 0.250. The highest BCUT2D eigenvalue weighted by atomic mass is 35.5. The van der Waals surface area contributed by atoms with Crippen LogP contribution >= 0.6 is 11.6 Å². The first-order valence-electron chi connectivity index (χ1n) is 6.01. The summed E-state index contributed by atoms with van der Waals surface area (Å²) in [6, 6.07) is 0. The van der Waals surface area contributed by atoms with Crippen molar-refractivity contribution in [3.05, 3.63) is 0 Å². The Bertz CT molecular complexity index is 169. The maximum absolute atomic E-state index is 6.21. The highest BCUT2D eigenvalue weighted by Crippen LogP contribution is 2.46. The number of alkyl halides is 1. The molecule has 0 aromatic rings. The van der Waals surface area contributed by atoms with E-state index in [1.807, 2.05) is 0 Å². The first-order valence-corrected chi connectivity index (χ1v) is 6.54. The van der Waals surface area contributed by atoms with E-state index in [-0.39, 0.29) is 0 Å². The van der Waals surface area contributed by atoms with E-state index in [4.69, 9.17) is 16.3 Å². The van der Waals surface area contributed by atoms with Gasteiger partial charge in [-0.1, -0.05) is 19.3 Å². The zero-order chi connectivity index (χ0) is 9.86. The molecule has 1 nitrogen and oxygen atoms in total. The quantitative estimate of drug-likeness (QED) is 0.641. The van der Waals surface area contributed by atoms with E-state index < -0.39 is 0 Å². The van der Waals surface area contributed by atoms with Gasteiger partial charge >= 0.3 is 0 Å². The average Bonchev–Trinajstić information content (AvgIpc) is 2.31. The minimum atomic E-state index is 0.431. The monoisotopic (exact) mass is 216 g/mol. The molecule has 0 amide bonds. The van der Waals surface area contributed by atoms with Crippen LogP contribution in [0.4, 0.5) is 0 Å². The van der Waals surface area contributed by atoms with Gasteiger partial charge < -0.3 is 4.74 Å². The molecule has 1 aliphatic carbocycles. The fourth-order valence-corrected chi connectivity index (χ4v) is 3.63. The Balaban J connectivity index is 2.01. The molecule has 1 saturated heterocycles. The van der Waals surface area contributed by atoms with Crippen LogP contribution in [0, 0.1) is 11.3 Å². The molecule has 0 N–H and O–H groups in total. The fraction of sp³-hybridized carbons (Fsp3) is 1.00. The molecule has 0 aromatic carbocycles. The van der Waals surface area contributed by atoms with Crippen molar-refractivity contribution in [2.75, 3.05) is 19.1 Å². The maximum Gasteiger partial charge on any atom is 0.0471 e. The summed E-state index contributed by atoms with van der Waals surface area (Å²) >= 11 is 6.21. The van der Waals surface area contributed by atoms with E-state index >= 15 is 0 Å². The third kappa shape index (κ3) is 2.09. The van der Waals surface area contributed by atoms with Crippen LogP contribution in [0.2, 0.25) is 0 Å². The Labute approximate surface area is 92.2 Å². The topological polar surface area (TPSA) is 9.23 Å². The molecule has 82 valence electrons. The molecule has 2 heteroatoms. The summed E-state index contributed by atoms with van der Waals surface area (Å²) in [6.07, 6.45) is 9.49. The molecule has 0 radical (unpaired) electrons. The lowest BCUT2D eigenvalue weighted by Gasteiger charge is -2.44. The minimum absolute atomic E-state index is 0.431. The van der Waals surface area contributed by atoms with Gasteiger partial charge in [-0.05, 0) is 37.0 Å². The summed E-state index contributed by atoms with van der Waals surface area (Å²) in [7, 11) is 0. The molecule has 1 heterocycles. The van der Waals surface area contributed by atoms with E-state index in [9.17, 15) is 0 Å². The molecular weight excluding hydrogens is 196 g/mol. The van der Waals surface area contributed by atoms with Crippen molar-refractivity contribution in [3.8, 4) is 0 Å². The zero-order valence-electron chi connectivity index (χ0n) is 8.93. The summed E-state index contributed by atoms with van der Waals surface area (Å²) in [5, 5.41) is 0. The second kappa shape index (κ2) is 4.85. The van der Waals surface area contributed by atoms with Crippen LogP contribution in [0.25, 0.3) is 0 Å². The highest BCUT2D eigenvalue weighted by molar-refractivity contribution is 6.18.